The molecule has 76 valence electrons. The molecule has 0 bridgehead atoms. The first-order chi connectivity index (χ1) is 7.36. The Labute approximate surface area is 86.4 Å². The lowest BCUT2D eigenvalue weighted by Gasteiger charge is -2.03. The molecule has 0 unspecified atom stereocenters. The molecule has 0 aliphatic heterocycles. The molecule has 0 amide bonds. The van der Waals surface area contributed by atoms with E-state index < -0.39 is 0 Å². The Bertz CT molecular complexity index is 433. The van der Waals surface area contributed by atoms with Crippen molar-refractivity contribution in [2.45, 2.75) is 0 Å². The van der Waals surface area contributed by atoms with Gasteiger partial charge in [0.25, 0.3) is 0 Å². The fourth-order valence-corrected chi connectivity index (χ4v) is 1.04. The minimum absolute atomic E-state index is 0.617. The van der Waals surface area contributed by atoms with Crippen molar-refractivity contribution in [3.8, 4) is 0 Å². The lowest BCUT2D eigenvalue weighted by Crippen LogP contribution is -2.08. The molecule has 0 atom stereocenters. The Morgan fingerprint density at radius 1 is 1.27 bits per heavy atom. The predicted molar refractivity (Wildman–Crippen MR) is 55.8 cm³/mol. The van der Waals surface area contributed by atoms with Gasteiger partial charge in [0.1, 0.15) is 12.7 Å². The largest absolute Gasteiger partial charge is 0.397 e. The van der Waals surface area contributed by atoms with E-state index in [0.29, 0.717) is 5.70 Å². The molecule has 3 N–H and O–H groups in total. The fourth-order valence-electron chi connectivity index (χ4n) is 1.04. The Hall–Kier alpha value is -2.37. The third-order valence-electron chi connectivity index (χ3n) is 1.80. The number of hydrogen-bond donors (Lipinski definition) is 2. The number of nitrogens with one attached hydrogen (secondary N) is 1. The first kappa shape index (κ1) is 9.20. The zero-order valence-electron chi connectivity index (χ0n) is 7.91. The van der Waals surface area contributed by atoms with E-state index in [1.165, 1.54) is 12.7 Å². The van der Waals surface area contributed by atoms with Crippen LogP contribution in [0.25, 0.3) is 5.70 Å². The molecule has 0 saturated heterocycles. The summed E-state index contributed by atoms with van der Waals surface area (Å²) in [6, 6.07) is 3.67. The molecule has 2 aromatic rings. The van der Waals surface area contributed by atoms with Gasteiger partial charge in [0.2, 0.25) is 0 Å². The van der Waals surface area contributed by atoms with Gasteiger partial charge in [-0.25, -0.2) is 4.68 Å². The summed E-state index contributed by atoms with van der Waals surface area (Å²) in [7, 11) is 0. The molecule has 0 fully saturated rings. The van der Waals surface area contributed by atoms with Crippen molar-refractivity contribution in [3.05, 3.63) is 48.9 Å². The standard InChI is InChI=1S/C9H10N6/c10-9(8-1-3-11-4-2-8)5-14-15-6-12-13-7-15/h1-7,14H,10H2. The van der Waals surface area contributed by atoms with Gasteiger partial charge in [-0.2, -0.15) is 0 Å². The number of pyridine rings is 1. The molecule has 2 aromatic heterocycles. The van der Waals surface area contributed by atoms with Crippen molar-refractivity contribution in [2.24, 2.45) is 5.73 Å². The summed E-state index contributed by atoms with van der Waals surface area (Å²) in [6.45, 7) is 0. The maximum absolute atomic E-state index is 5.83. The fraction of sp³-hybridized carbons (Fsp3) is 0. The van der Waals surface area contributed by atoms with Crippen LogP contribution in [0.4, 0.5) is 0 Å². The monoisotopic (exact) mass is 202 g/mol. The molecule has 0 aliphatic rings. The Balaban J connectivity index is 2.08. The van der Waals surface area contributed by atoms with E-state index in [1.54, 1.807) is 23.3 Å². The molecular weight excluding hydrogens is 192 g/mol. The van der Waals surface area contributed by atoms with E-state index in [0.717, 1.165) is 5.56 Å². The Morgan fingerprint density at radius 3 is 2.60 bits per heavy atom. The minimum atomic E-state index is 0.617. The third-order valence-corrected chi connectivity index (χ3v) is 1.80. The van der Waals surface area contributed by atoms with Gasteiger partial charge >= 0.3 is 0 Å². The molecule has 0 radical (unpaired) electrons. The van der Waals surface area contributed by atoms with E-state index in [1.807, 2.05) is 12.1 Å². The van der Waals surface area contributed by atoms with Crippen molar-refractivity contribution in [1.29, 1.82) is 0 Å². The number of rotatable bonds is 3. The van der Waals surface area contributed by atoms with Crippen molar-refractivity contribution >= 4 is 5.70 Å². The van der Waals surface area contributed by atoms with Crippen LogP contribution in [0.5, 0.6) is 0 Å². The molecule has 0 aromatic carbocycles. The van der Waals surface area contributed by atoms with E-state index in [-0.39, 0.29) is 0 Å². The van der Waals surface area contributed by atoms with Crippen molar-refractivity contribution in [3.63, 3.8) is 0 Å². The maximum Gasteiger partial charge on any atom is 0.139 e. The molecule has 2 rings (SSSR count). The number of aromatic nitrogens is 4. The van der Waals surface area contributed by atoms with Gasteiger partial charge in [0.05, 0.1) is 5.70 Å². The smallest absolute Gasteiger partial charge is 0.139 e. The van der Waals surface area contributed by atoms with Gasteiger partial charge in [0.15, 0.2) is 0 Å². The highest BCUT2D eigenvalue weighted by molar-refractivity contribution is 5.62. The molecular formula is C9H10N6. The van der Waals surface area contributed by atoms with E-state index in [2.05, 4.69) is 20.6 Å². The quantitative estimate of drug-likeness (QED) is 0.741. The molecule has 6 heteroatoms. The van der Waals surface area contributed by atoms with Crippen LogP contribution in [0.15, 0.2) is 43.4 Å². The van der Waals surface area contributed by atoms with Crippen molar-refractivity contribution < 1.29 is 0 Å². The predicted octanol–water partition coefficient (Wildman–Crippen LogP) is 0.174. The average Bonchev–Trinajstić information content (AvgIpc) is 2.80. The summed E-state index contributed by atoms with van der Waals surface area (Å²) in [5, 5.41) is 7.29. The van der Waals surface area contributed by atoms with Crippen LogP contribution in [0.3, 0.4) is 0 Å². The maximum atomic E-state index is 5.83. The summed E-state index contributed by atoms with van der Waals surface area (Å²) in [5.74, 6) is 0. The van der Waals surface area contributed by atoms with Crippen LogP contribution >= 0.6 is 0 Å². The second kappa shape index (κ2) is 4.23. The number of hydrogen-bond acceptors (Lipinski definition) is 5. The highest BCUT2D eigenvalue weighted by atomic mass is 15.5. The third kappa shape index (κ3) is 2.31. The highest BCUT2D eigenvalue weighted by Crippen LogP contribution is 2.04. The topological polar surface area (TPSA) is 81.6 Å². The lowest BCUT2D eigenvalue weighted by atomic mass is 10.2. The highest BCUT2D eigenvalue weighted by Gasteiger charge is 1.94. The first-order valence-electron chi connectivity index (χ1n) is 4.33. The van der Waals surface area contributed by atoms with Gasteiger partial charge in [-0.05, 0) is 12.1 Å². The normalized spacial score (nSPS) is 11.3. The zero-order chi connectivity index (χ0) is 10.5. The van der Waals surface area contributed by atoms with Gasteiger partial charge in [0, 0.05) is 24.2 Å². The SMILES string of the molecule is NC(=CNn1cnnc1)c1ccncc1. The van der Waals surface area contributed by atoms with Gasteiger partial charge in [-0.3, -0.25) is 10.4 Å². The van der Waals surface area contributed by atoms with Crippen LogP contribution in [0.1, 0.15) is 5.56 Å². The number of nitrogens with zero attached hydrogens (tertiary/aromatic N) is 4. The van der Waals surface area contributed by atoms with Crippen LogP contribution < -0.4 is 11.2 Å². The second-order valence-corrected chi connectivity index (χ2v) is 2.83. The van der Waals surface area contributed by atoms with Crippen LogP contribution in [-0.4, -0.2) is 19.9 Å². The zero-order valence-corrected chi connectivity index (χ0v) is 7.91. The van der Waals surface area contributed by atoms with Gasteiger partial charge in [-0.1, -0.05) is 0 Å². The minimum Gasteiger partial charge on any atom is -0.397 e. The summed E-state index contributed by atoms with van der Waals surface area (Å²) in [6.07, 6.45) is 8.12. The Morgan fingerprint density at radius 2 is 1.93 bits per heavy atom. The van der Waals surface area contributed by atoms with E-state index >= 15 is 0 Å². The molecule has 0 saturated carbocycles. The molecule has 0 aliphatic carbocycles. The van der Waals surface area contributed by atoms with Crippen LogP contribution in [-0.2, 0) is 0 Å². The summed E-state index contributed by atoms with van der Waals surface area (Å²) < 4.78 is 1.59. The summed E-state index contributed by atoms with van der Waals surface area (Å²) in [4.78, 5) is 3.91. The van der Waals surface area contributed by atoms with Gasteiger partial charge < -0.3 is 5.73 Å². The summed E-state index contributed by atoms with van der Waals surface area (Å²) in [5.41, 5.74) is 10.3. The molecule has 2 heterocycles. The first-order valence-corrected chi connectivity index (χ1v) is 4.33. The second-order valence-electron chi connectivity index (χ2n) is 2.83. The lowest BCUT2D eigenvalue weighted by molar-refractivity contribution is 0.947. The molecule has 0 spiro atoms. The molecule has 15 heavy (non-hydrogen) atoms. The van der Waals surface area contributed by atoms with Crippen molar-refractivity contribution in [2.75, 3.05) is 5.43 Å². The van der Waals surface area contributed by atoms with Crippen LogP contribution in [0, 0.1) is 0 Å². The average molecular weight is 202 g/mol. The molecule has 6 nitrogen and oxygen atoms in total. The number of nitrogens with two attached hydrogens (primary N) is 1. The van der Waals surface area contributed by atoms with Gasteiger partial charge in [-0.15, -0.1) is 10.2 Å². The summed E-state index contributed by atoms with van der Waals surface area (Å²) >= 11 is 0. The van der Waals surface area contributed by atoms with E-state index in [4.69, 9.17) is 5.73 Å². The van der Waals surface area contributed by atoms with Crippen LogP contribution in [0.2, 0.25) is 0 Å². The Kier molecular flexibility index (Phi) is 2.59. The van der Waals surface area contributed by atoms with E-state index in [9.17, 15) is 0 Å². The van der Waals surface area contributed by atoms with Crippen molar-refractivity contribution in [1.82, 2.24) is 19.9 Å².